The van der Waals surface area contributed by atoms with E-state index in [1.165, 1.54) is 9.96 Å². The largest absolute Gasteiger partial charge is 0.486 e. The van der Waals surface area contributed by atoms with Crippen LogP contribution in [0.25, 0.3) is 66.7 Å². The molecule has 0 aliphatic rings. The van der Waals surface area contributed by atoms with Gasteiger partial charge in [0.25, 0.3) is 0 Å². The number of fused-ring (bicyclic) bond motifs is 6. The standard InChI is InChI=1S/C27H23N4O.C19H26GeN.Ir/c1-15-8-12-19(24-21(15)18-7-6-14-28-26(18)32-24)25-30-20-13-11-17-10-9-16(2)29-22(17)23(20)31(25)27(3,4)5;1-19(2,3)13-16-12-18(15-10-8-7-9-11-15)21-14-17(16)20(4,5)6;/h6-11,13-14H,1-5H3;7-10,12,14H,13H2,1-6H3;/q2*-1;. The third kappa shape index (κ3) is 7.82. The van der Waals surface area contributed by atoms with E-state index in [-0.39, 0.29) is 25.6 Å². The zero-order valence-electron chi connectivity index (χ0n) is 33.3. The van der Waals surface area contributed by atoms with Gasteiger partial charge in [-0.1, -0.05) is 30.0 Å². The van der Waals surface area contributed by atoms with Crippen LogP contribution in [0.2, 0.25) is 17.3 Å². The number of aryl methyl sites for hydroxylation is 2. The number of furan rings is 1. The zero-order chi connectivity index (χ0) is 37.9. The number of aromatic nitrogens is 5. The van der Waals surface area contributed by atoms with Gasteiger partial charge < -0.3 is 8.98 Å². The fourth-order valence-corrected chi connectivity index (χ4v) is 10.5. The first kappa shape index (κ1) is 39.5. The first-order valence-corrected chi connectivity index (χ1v) is 25.8. The van der Waals surface area contributed by atoms with Crippen molar-refractivity contribution >= 4 is 61.7 Å². The van der Waals surface area contributed by atoms with E-state index >= 15 is 0 Å². The third-order valence-electron chi connectivity index (χ3n) is 9.53. The van der Waals surface area contributed by atoms with Crippen molar-refractivity contribution in [1.82, 2.24) is 24.5 Å². The van der Waals surface area contributed by atoms with Gasteiger partial charge in [-0.25, -0.2) is 4.98 Å². The van der Waals surface area contributed by atoms with E-state index in [1.54, 1.807) is 6.20 Å². The van der Waals surface area contributed by atoms with Crippen LogP contribution in [-0.4, -0.2) is 37.8 Å². The Kier molecular flexibility index (Phi) is 10.8. The van der Waals surface area contributed by atoms with Gasteiger partial charge in [0, 0.05) is 48.3 Å². The average molecular weight is 953 g/mol. The molecular formula is C46H49GeIrN5O-2. The van der Waals surface area contributed by atoms with E-state index < -0.39 is 13.3 Å². The molecule has 279 valence electrons. The Bertz CT molecular complexity index is 2620. The molecule has 1 radical (unpaired) electrons. The molecule has 5 aromatic heterocycles. The molecule has 0 unspecified atom stereocenters. The van der Waals surface area contributed by atoms with Crippen molar-refractivity contribution in [2.75, 3.05) is 0 Å². The summed E-state index contributed by atoms with van der Waals surface area (Å²) in [7, 11) is 0. The van der Waals surface area contributed by atoms with Crippen LogP contribution in [0.5, 0.6) is 0 Å². The second-order valence-electron chi connectivity index (χ2n) is 17.4. The van der Waals surface area contributed by atoms with Gasteiger partial charge in [-0.2, -0.15) is 0 Å². The molecule has 6 nitrogen and oxygen atoms in total. The molecule has 0 aliphatic carbocycles. The summed E-state index contributed by atoms with van der Waals surface area (Å²) in [6.07, 6.45) is 5.00. The number of nitrogens with zero attached hydrogens (tertiary/aromatic N) is 5. The molecule has 8 aromatic rings. The maximum atomic E-state index is 6.28. The molecule has 0 spiro atoms. The van der Waals surface area contributed by atoms with Crippen molar-refractivity contribution in [2.45, 2.75) is 84.6 Å². The molecule has 0 N–H and O–H groups in total. The molecule has 0 saturated carbocycles. The maximum Gasteiger partial charge on any atom is 0.216 e. The van der Waals surface area contributed by atoms with Gasteiger partial charge in [-0.05, 0) is 52.0 Å². The van der Waals surface area contributed by atoms with E-state index in [1.807, 2.05) is 43.3 Å². The fraction of sp³-hybridized carbons (Fsp3) is 0.304. The molecule has 3 aromatic carbocycles. The SMILES string of the molecule is CC(C)(C)Cc1cc(-c2[c-]cccc2)nc[c]1[Ge]([CH3])([CH3])[CH3].Cc1ccc2ccc3nc(-c4[c-]cc(C)c5c4oc4ncccc45)n(C(C)(C)C)c3c2n1.[Ir]. The Labute approximate surface area is 335 Å². The summed E-state index contributed by atoms with van der Waals surface area (Å²) < 4.78 is 10.1. The number of imidazole rings is 1. The van der Waals surface area contributed by atoms with Crippen molar-refractivity contribution in [3.8, 4) is 22.6 Å². The van der Waals surface area contributed by atoms with Gasteiger partial charge in [0.2, 0.25) is 5.71 Å². The smallest absolute Gasteiger partial charge is 0.216 e. The number of pyridine rings is 3. The number of hydrogen-bond acceptors (Lipinski definition) is 5. The molecule has 5 heterocycles. The number of benzene rings is 3. The minimum atomic E-state index is -1.90. The van der Waals surface area contributed by atoms with Gasteiger partial charge in [0.15, 0.2) is 0 Å². The summed E-state index contributed by atoms with van der Waals surface area (Å²) in [4.78, 5) is 19.1. The average Bonchev–Trinajstić information content (AvgIpc) is 3.68. The summed E-state index contributed by atoms with van der Waals surface area (Å²) in [6.45, 7) is 17.6. The second-order valence-corrected chi connectivity index (χ2v) is 28.0. The molecular weight excluding hydrogens is 903 g/mol. The van der Waals surface area contributed by atoms with Gasteiger partial charge in [0.1, 0.15) is 0 Å². The third-order valence-corrected chi connectivity index (χ3v) is 13.9. The Hall–Kier alpha value is -4.17. The first-order valence-electron chi connectivity index (χ1n) is 18.4. The van der Waals surface area contributed by atoms with Crippen molar-refractivity contribution in [2.24, 2.45) is 5.41 Å². The van der Waals surface area contributed by atoms with Crippen LogP contribution in [-0.2, 0) is 32.1 Å². The van der Waals surface area contributed by atoms with Crippen LogP contribution in [0.3, 0.4) is 0 Å². The van der Waals surface area contributed by atoms with E-state index in [9.17, 15) is 0 Å². The van der Waals surface area contributed by atoms with E-state index in [4.69, 9.17) is 19.4 Å². The minimum absolute atomic E-state index is 0. The van der Waals surface area contributed by atoms with Crippen LogP contribution in [0.15, 0.2) is 89.6 Å². The summed E-state index contributed by atoms with van der Waals surface area (Å²) in [6, 6.07) is 31.5. The van der Waals surface area contributed by atoms with E-state index in [2.05, 4.69) is 130 Å². The summed E-state index contributed by atoms with van der Waals surface area (Å²) in [5.74, 6) is 8.15. The van der Waals surface area contributed by atoms with Crippen LogP contribution in [0.4, 0.5) is 0 Å². The summed E-state index contributed by atoms with van der Waals surface area (Å²) in [5.41, 5.74) is 10.9. The quantitative estimate of drug-likeness (QED) is 0.130. The van der Waals surface area contributed by atoms with Gasteiger partial charge in [-0.15, -0.1) is 17.7 Å². The molecule has 54 heavy (non-hydrogen) atoms. The Morgan fingerprint density at radius 1 is 0.852 bits per heavy atom. The molecule has 8 heteroatoms. The second kappa shape index (κ2) is 14.8. The van der Waals surface area contributed by atoms with Crippen LogP contribution < -0.4 is 4.40 Å². The minimum Gasteiger partial charge on any atom is -0.486 e. The molecule has 0 amide bonds. The van der Waals surface area contributed by atoms with Crippen LogP contribution in [0, 0.1) is 31.4 Å². The predicted octanol–water partition coefficient (Wildman–Crippen LogP) is 11.4. The topological polar surface area (TPSA) is 69.6 Å². The Morgan fingerprint density at radius 2 is 1.61 bits per heavy atom. The molecule has 0 fully saturated rings. The van der Waals surface area contributed by atoms with Gasteiger partial charge in [0.05, 0.1) is 28.0 Å². The van der Waals surface area contributed by atoms with Crippen LogP contribution in [0.1, 0.15) is 58.4 Å². The van der Waals surface area contributed by atoms with E-state index in [0.717, 1.165) is 78.6 Å². The van der Waals surface area contributed by atoms with Gasteiger partial charge >= 0.3 is 132 Å². The summed E-state index contributed by atoms with van der Waals surface area (Å²) in [5, 5.41) is 3.18. The number of rotatable bonds is 4. The predicted molar refractivity (Wildman–Crippen MR) is 223 cm³/mol. The van der Waals surface area contributed by atoms with Crippen LogP contribution >= 0.6 is 0 Å². The van der Waals surface area contributed by atoms with E-state index in [0.29, 0.717) is 11.1 Å². The molecule has 0 bridgehead atoms. The van der Waals surface area contributed by atoms with Crippen molar-refractivity contribution in [3.05, 3.63) is 114 Å². The van der Waals surface area contributed by atoms with Crippen molar-refractivity contribution in [3.63, 3.8) is 0 Å². The molecule has 8 rings (SSSR count). The van der Waals surface area contributed by atoms with Crippen molar-refractivity contribution < 1.29 is 24.5 Å². The molecule has 0 atom stereocenters. The fourth-order valence-electron chi connectivity index (χ4n) is 7.24. The van der Waals surface area contributed by atoms with Gasteiger partial charge in [-0.3, -0.25) is 9.97 Å². The molecule has 0 saturated heterocycles. The summed E-state index contributed by atoms with van der Waals surface area (Å²) >= 11 is -1.90. The maximum absolute atomic E-state index is 6.28. The number of hydrogen-bond donors (Lipinski definition) is 0. The zero-order valence-corrected chi connectivity index (χ0v) is 37.8. The Balaban J connectivity index is 0.000000198. The first-order chi connectivity index (χ1) is 25.0. The molecule has 0 aliphatic heterocycles. The monoisotopic (exact) mass is 954 g/mol. The normalized spacial score (nSPS) is 12.3. The Morgan fingerprint density at radius 3 is 2.30 bits per heavy atom. The van der Waals surface area contributed by atoms with Crippen molar-refractivity contribution in [1.29, 1.82) is 0 Å².